The Kier molecular flexibility index (Phi) is 5.27. The Balaban J connectivity index is 2.24. The summed E-state index contributed by atoms with van der Waals surface area (Å²) in [5, 5.41) is 15.3. The lowest BCUT2D eigenvalue weighted by Crippen LogP contribution is -2.57. The number of oxime groups is 1. The second-order valence-electron chi connectivity index (χ2n) is 5.50. The SMILES string of the molecule is Cc1cc(C(=O)NC2(/C(N)=N/O)CCCCCC2)sc1Br. The summed E-state index contributed by atoms with van der Waals surface area (Å²) in [7, 11) is 0. The summed E-state index contributed by atoms with van der Waals surface area (Å²) in [4.78, 5) is 13.1. The summed E-state index contributed by atoms with van der Waals surface area (Å²) in [5.74, 6) is -0.0626. The molecule has 5 nitrogen and oxygen atoms in total. The van der Waals surface area contributed by atoms with Crippen LogP contribution in [0.25, 0.3) is 0 Å². The second kappa shape index (κ2) is 6.79. The van der Waals surface area contributed by atoms with E-state index in [2.05, 4.69) is 26.4 Å². The molecule has 1 aliphatic carbocycles. The molecule has 4 N–H and O–H groups in total. The molecule has 0 unspecified atom stereocenters. The van der Waals surface area contributed by atoms with Crippen molar-refractivity contribution in [3.63, 3.8) is 0 Å². The number of thiophene rings is 1. The molecule has 116 valence electrons. The van der Waals surface area contributed by atoms with Gasteiger partial charge in [-0.3, -0.25) is 4.79 Å². The normalized spacial score (nSPS) is 19.0. The van der Waals surface area contributed by atoms with E-state index in [0.29, 0.717) is 17.7 Å². The third-order valence-electron chi connectivity index (χ3n) is 3.99. The van der Waals surface area contributed by atoms with Gasteiger partial charge in [0.25, 0.3) is 5.91 Å². The van der Waals surface area contributed by atoms with E-state index >= 15 is 0 Å². The van der Waals surface area contributed by atoms with Crippen LogP contribution in [0.2, 0.25) is 0 Å². The predicted molar refractivity (Wildman–Crippen MR) is 88.1 cm³/mol. The Morgan fingerprint density at radius 2 is 2.05 bits per heavy atom. The molecule has 0 bridgehead atoms. The predicted octanol–water partition coefficient (Wildman–Crippen LogP) is 3.39. The molecule has 0 spiro atoms. The number of nitrogens with one attached hydrogen (secondary N) is 1. The van der Waals surface area contributed by atoms with Gasteiger partial charge < -0.3 is 16.3 Å². The van der Waals surface area contributed by atoms with E-state index in [9.17, 15) is 4.79 Å². The van der Waals surface area contributed by atoms with Crippen molar-refractivity contribution in [1.29, 1.82) is 0 Å². The van der Waals surface area contributed by atoms with Gasteiger partial charge in [-0.25, -0.2) is 0 Å². The highest BCUT2D eigenvalue weighted by Crippen LogP contribution is 2.30. The molecule has 0 aromatic carbocycles. The summed E-state index contributed by atoms with van der Waals surface area (Å²) in [6, 6.07) is 1.85. The van der Waals surface area contributed by atoms with Crippen LogP contribution in [-0.2, 0) is 0 Å². The van der Waals surface area contributed by atoms with Crippen molar-refractivity contribution in [1.82, 2.24) is 5.32 Å². The minimum Gasteiger partial charge on any atom is -0.409 e. The molecule has 1 aliphatic rings. The quantitative estimate of drug-likeness (QED) is 0.249. The molecule has 0 atom stereocenters. The lowest BCUT2D eigenvalue weighted by molar-refractivity contribution is 0.0919. The average molecular weight is 374 g/mol. The van der Waals surface area contributed by atoms with Gasteiger partial charge in [-0.15, -0.1) is 11.3 Å². The van der Waals surface area contributed by atoms with Crippen LogP contribution < -0.4 is 11.1 Å². The van der Waals surface area contributed by atoms with Crippen LogP contribution in [0.5, 0.6) is 0 Å². The number of hydrogen-bond acceptors (Lipinski definition) is 4. The van der Waals surface area contributed by atoms with Gasteiger partial charge in [-0.1, -0.05) is 30.8 Å². The number of rotatable bonds is 3. The number of amidine groups is 1. The lowest BCUT2D eigenvalue weighted by Gasteiger charge is -2.32. The highest BCUT2D eigenvalue weighted by Gasteiger charge is 2.37. The molecule has 1 fully saturated rings. The van der Waals surface area contributed by atoms with Crippen LogP contribution in [-0.4, -0.2) is 22.5 Å². The highest BCUT2D eigenvalue weighted by atomic mass is 79.9. The summed E-state index contributed by atoms with van der Waals surface area (Å²) in [6.07, 6.45) is 5.56. The van der Waals surface area contributed by atoms with E-state index in [0.717, 1.165) is 35.0 Å². The number of aryl methyl sites for hydroxylation is 1. The first-order valence-electron chi connectivity index (χ1n) is 7.05. The average Bonchev–Trinajstić information content (AvgIpc) is 2.68. The summed E-state index contributed by atoms with van der Waals surface area (Å²) < 4.78 is 0.950. The van der Waals surface area contributed by atoms with Crippen molar-refractivity contribution in [2.45, 2.75) is 51.0 Å². The minimum atomic E-state index is -0.729. The zero-order chi connectivity index (χ0) is 15.5. The van der Waals surface area contributed by atoms with Crippen LogP contribution in [0.1, 0.15) is 53.8 Å². The van der Waals surface area contributed by atoms with Gasteiger partial charge in [0.1, 0.15) is 5.54 Å². The topological polar surface area (TPSA) is 87.7 Å². The van der Waals surface area contributed by atoms with Gasteiger partial charge in [0.2, 0.25) is 0 Å². The number of carbonyl (C=O) groups is 1. The Hall–Kier alpha value is -1.08. The van der Waals surface area contributed by atoms with Gasteiger partial charge in [-0.05, 0) is 47.3 Å². The number of halogens is 1. The highest BCUT2D eigenvalue weighted by molar-refractivity contribution is 9.11. The van der Waals surface area contributed by atoms with E-state index in [1.165, 1.54) is 11.3 Å². The molecule has 0 radical (unpaired) electrons. The summed E-state index contributed by atoms with van der Waals surface area (Å²) in [6.45, 7) is 1.95. The van der Waals surface area contributed by atoms with Gasteiger partial charge >= 0.3 is 0 Å². The van der Waals surface area contributed by atoms with Gasteiger partial charge in [0.15, 0.2) is 5.84 Å². The molecular formula is C14H20BrN3O2S. The zero-order valence-electron chi connectivity index (χ0n) is 12.0. The summed E-state index contributed by atoms with van der Waals surface area (Å²) in [5.41, 5.74) is 6.19. The van der Waals surface area contributed by atoms with E-state index in [1.54, 1.807) is 0 Å². The minimum absolute atomic E-state index is 0.102. The van der Waals surface area contributed by atoms with Crippen LogP contribution in [0.15, 0.2) is 15.0 Å². The van der Waals surface area contributed by atoms with Crippen LogP contribution >= 0.6 is 27.3 Å². The molecular weight excluding hydrogens is 354 g/mol. The van der Waals surface area contributed by atoms with E-state index in [1.807, 2.05) is 13.0 Å². The van der Waals surface area contributed by atoms with Crippen molar-refractivity contribution in [2.75, 3.05) is 0 Å². The molecule has 1 saturated carbocycles. The van der Waals surface area contributed by atoms with Gasteiger partial charge in [0, 0.05) is 0 Å². The van der Waals surface area contributed by atoms with Crippen molar-refractivity contribution < 1.29 is 10.0 Å². The Morgan fingerprint density at radius 1 is 1.43 bits per heavy atom. The van der Waals surface area contributed by atoms with Crippen LogP contribution in [0, 0.1) is 6.92 Å². The standard InChI is InChI=1S/C14H20BrN3O2S/c1-9-8-10(21-11(9)15)12(19)17-14(13(16)18-20)6-4-2-3-5-7-14/h8,20H,2-7H2,1H3,(H2,16,18)(H,17,19). The Labute approximate surface area is 136 Å². The third kappa shape index (κ3) is 3.58. The number of carbonyl (C=O) groups excluding carboxylic acids is 1. The molecule has 0 aliphatic heterocycles. The fourth-order valence-corrected chi connectivity index (χ4v) is 4.15. The zero-order valence-corrected chi connectivity index (χ0v) is 14.4. The number of hydrogen-bond donors (Lipinski definition) is 3. The van der Waals surface area contributed by atoms with E-state index < -0.39 is 5.54 Å². The largest absolute Gasteiger partial charge is 0.409 e. The number of nitrogens with two attached hydrogens (primary N) is 1. The van der Waals surface area contributed by atoms with Crippen LogP contribution in [0.3, 0.4) is 0 Å². The number of nitrogens with zero attached hydrogens (tertiary/aromatic N) is 1. The second-order valence-corrected chi connectivity index (χ2v) is 7.87. The molecule has 0 saturated heterocycles. The molecule has 21 heavy (non-hydrogen) atoms. The Bertz CT molecular complexity index is 529. The fraction of sp³-hybridized carbons (Fsp3) is 0.571. The fourth-order valence-electron chi connectivity index (χ4n) is 2.72. The maximum Gasteiger partial charge on any atom is 0.262 e. The maximum absolute atomic E-state index is 12.5. The van der Waals surface area contributed by atoms with Crippen molar-refractivity contribution in [2.24, 2.45) is 10.9 Å². The summed E-state index contributed by atoms with van der Waals surface area (Å²) >= 11 is 4.82. The maximum atomic E-state index is 12.5. The van der Waals surface area contributed by atoms with Crippen LogP contribution in [0.4, 0.5) is 0 Å². The first-order valence-corrected chi connectivity index (χ1v) is 8.66. The first-order chi connectivity index (χ1) is 9.98. The first kappa shape index (κ1) is 16.3. The molecule has 1 amide bonds. The molecule has 1 aromatic rings. The van der Waals surface area contributed by atoms with Gasteiger partial charge in [0.05, 0.1) is 8.66 Å². The van der Waals surface area contributed by atoms with Gasteiger partial charge in [-0.2, -0.15) is 0 Å². The van der Waals surface area contributed by atoms with Crippen molar-refractivity contribution in [3.8, 4) is 0 Å². The lowest BCUT2D eigenvalue weighted by atomic mass is 9.88. The van der Waals surface area contributed by atoms with Crippen molar-refractivity contribution >= 4 is 39.0 Å². The number of amides is 1. The molecule has 7 heteroatoms. The Morgan fingerprint density at radius 3 is 2.52 bits per heavy atom. The third-order valence-corrected chi connectivity index (χ3v) is 6.12. The molecule has 1 heterocycles. The molecule has 1 aromatic heterocycles. The smallest absolute Gasteiger partial charge is 0.262 e. The molecule has 2 rings (SSSR count). The monoisotopic (exact) mass is 373 g/mol. The van der Waals surface area contributed by atoms with Crippen molar-refractivity contribution in [3.05, 3.63) is 20.3 Å². The van der Waals surface area contributed by atoms with E-state index in [-0.39, 0.29) is 11.7 Å². The van der Waals surface area contributed by atoms with E-state index in [4.69, 9.17) is 10.9 Å².